The fraction of sp³-hybridized carbons (Fsp3) is 0.467. The van der Waals surface area contributed by atoms with E-state index in [0.29, 0.717) is 38.5 Å². The highest BCUT2D eigenvalue weighted by Crippen LogP contribution is 2.15. The van der Waals surface area contributed by atoms with Crippen molar-refractivity contribution in [2.24, 2.45) is 0 Å². The molecule has 0 aliphatic carbocycles. The molecule has 120 valence electrons. The lowest BCUT2D eigenvalue weighted by molar-refractivity contribution is -0.139. The Labute approximate surface area is 128 Å². The number of carbonyl (C=O) groups is 2. The molecular weight excluding hydrogens is 288 g/mol. The van der Waals surface area contributed by atoms with Crippen LogP contribution in [0.4, 0.5) is 4.79 Å². The van der Waals surface area contributed by atoms with Crippen molar-refractivity contribution in [3.05, 3.63) is 29.8 Å². The molecule has 0 spiro atoms. The summed E-state index contributed by atoms with van der Waals surface area (Å²) in [7, 11) is 1.61. The number of nitrogens with one attached hydrogen (secondary N) is 1. The van der Waals surface area contributed by atoms with Crippen LogP contribution in [-0.2, 0) is 16.0 Å². The summed E-state index contributed by atoms with van der Waals surface area (Å²) < 4.78 is 10.5. The predicted molar refractivity (Wildman–Crippen MR) is 79.0 cm³/mol. The Balaban J connectivity index is 1.91. The molecule has 0 radical (unpaired) electrons. The Morgan fingerprint density at radius 3 is 2.50 bits per heavy atom. The standard InChI is InChI=1S/C15H20N2O5/c1-16-13(14(18)19)10-11-2-4-12(5-3-11)22-15(20)17-6-8-21-9-7-17/h2-5,13,16H,6-10H2,1H3,(H,18,19)/t13-/m1/s1. The van der Waals surface area contributed by atoms with E-state index >= 15 is 0 Å². The van der Waals surface area contributed by atoms with E-state index < -0.39 is 18.1 Å². The van der Waals surface area contributed by atoms with E-state index in [9.17, 15) is 9.59 Å². The van der Waals surface area contributed by atoms with Crippen LogP contribution in [0.2, 0.25) is 0 Å². The Morgan fingerprint density at radius 2 is 1.95 bits per heavy atom. The number of benzene rings is 1. The van der Waals surface area contributed by atoms with Gasteiger partial charge in [-0.3, -0.25) is 4.79 Å². The second kappa shape index (κ2) is 7.77. The zero-order valence-corrected chi connectivity index (χ0v) is 12.4. The first-order valence-electron chi connectivity index (χ1n) is 7.13. The summed E-state index contributed by atoms with van der Waals surface area (Å²) in [6.07, 6.45) is -0.0292. The van der Waals surface area contributed by atoms with Gasteiger partial charge in [0, 0.05) is 13.1 Å². The fourth-order valence-corrected chi connectivity index (χ4v) is 2.15. The van der Waals surface area contributed by atoms with E-state index in [1.807, 2.05) is 0 Å². The van der Waals surface area contributed by atoms with Gasteiger partial charge in [-0.05, 0) is 31.2 Å². The lowest BCUT2D eigenvalue weighted by atomic mass is 10.1. The summed E-state index contributed by atoms with van der Waals surface area (Å²) in [4.78, 5) is 24.5. The van der Waals surface area contributed by atoms with Crippen molar-refractivity contribution in [2.45, 2.75) is 12.5 Å². The van der Waals surface area contributed by atoms with E-state index in [2.05, 4.69) is 5.32 Å². The molecule has 1 fully saturated rings. The van der Waals surface area contributed by atoms with Gasteiger partial charge in [0.1, 0.15) is 11.8 Å². The van der Waals surface area contributed by atoms with Crippen molar-refractivity contribution in [2.75, 3.05) is 33.4 Å². The van der Waals surface area contributed by atoms with E-state index in [4.69, 9.17) is 14.6 Å². The van der Waals surface area contributed by atoms with Gasteiger partial charge in [-0.25, -0.2) is 4.79 Å². The maximum Gasteiger partial charge on any atom is 0.415 e. The zero-order valence-electron chi connectivity index (χ0n) is 12.4. The number of carboxylic acids is 1. The Bertz CT molecular complexity index is 511. The normalized spacial score (nSPS) is 16.1. The third-order valence-corrected chi connectivity index (χ3v) is 3.48. The van der Waals surface area contributed by atoms with Gasteiger partial charge >= 0.3 is 12.1 Å². The molecule has 2 rings (SSSR count). The molecule has 0 aromatic heterocycles. The third-order valence-electron chi connectivity index (χ3n) is 3.48. The van der Waals surface area contributed by atoms with Gasteiger partial charge in [0.15, 0.2) is 0 Å². The SMILES string of the molecule is CN[C@H](Cc1ccc(OC(=O)N2CCOCC2)cc1)C(=O)O. The van der Waals surface area contributed by atoms with Crippen LogP contribution in [0.1, 0.15) is 5.56 Å². The highest BCUT2D eigenvalue weighted by Gasteiger charge is 2.19. The molecule has 0 unspecified atom stereocenters. The van der Waals surface area contributed by atoms with Crippen LogP contribution < -0.4 is 10.1 Å². The number of aliphatic carboxylic acids is 1. The topological polar surface area (TPSA) is 88.1 Å². The second-order valence-corrected chi connectivity index (χ2v) is 4.99. The average molecular weight is 308 g/mol. The number of hydrogen-bond acceptors (Lipinski definition) is 5. The van der Waals surface area contributed by atoms with Crippen LogP contribution >= 0.6 is 0 Å². The van der Waals surface area contributed by atoms with Gasteiger partial charge in [0.05, 0.1) is 13.2 Å². The number of carbonyl (C=O) groups excluding carboxylic acids is 1. The third kappa shape index (κ3) is 4.44. The second-order valence-electron chi connectivity index (χ2n) is 4.99. The molecule has 0 saturated carbocycles. The van der Waals surface area contributed by atoms with Gasteiger partial charge in [0.25, 0.3) is 0 Å². The monoisotopic (exact) mass is 308 g/mol. The summed E-state index contributed by atoms with van der Waals surface area (Å²) >= 11 is 0. The zero-order chi connectivity index (χ0) is 15.9. The Kier molecular flexibility index (Phi) is 5.74. The number of likely N-dealkylation sites (N-methyl/N-ethyl adjacent to an activating group) is 1. The number of morpholine rings is 1. The van der Waals surface area contributed by atoms with Crippen molar-refractivity contribution in [1.29, 1.82) is 0 Å². The maximum absolute atomic E-state index is 11.9. The van der Waals surface area contributed by atoms with Gasteiger partial charge in [-0.15, -0.1) is 0 Å². The molecule has 1 aliphatic heterocycles. The maximum atomic E-state index is 11.9. The van der Waals surface area contributed by atoms with E-state index in [1.54, 1.807) is 36.2 Å². The molecular formula is C15H20N2O5. The first-order chi connectivity index (χ1) is 10.6. The predicted octanol–water partition coefficient (Wildman–Crippen LogP) is 0.733. The summed E-state index contributed by atoms with van der Waals surface area (Å²) in [5.74, 6) is -0.457. The summed E-state index contributed by atoms with van der Waals surface area (Å²) in [6.45, 7) is 2.10. The van der Waals surface area contributed by atoms with Crippen LogP contribution in [0.3, 0.4) is 0 Å². The number of ether oxygens (including phenoxy) is 2. The summed E-state index contributed by atoms with van der Waals surface area (Å²) in [5, 5.41) is 11.7. The number of nitrogens with zero attached hydrogens (tertiary/aromatic N) is 1. The van der Waals surface area contributed by atoms with Crippen LogP contribution in [0.25, 0.3) is 0 Å². The molecule has 0 bridgehead atoms. The van der Waals surface area contributed by atoms with Gasteiger partial charge < -0.3 is 24.8 Å². The first kappa shape index (κ1) is 16.3. The smallest absolute Gasteiger partial charge is 0.415 e. The summed E-state index contributed by atoms with van der Waals surface area (Å²) in [6, 6.07) is 6.22. The lowest BCUT2D eigenvalue weighted by Gasteiger charge is -2.25. The van der Waals surface area contributed by atoms with E-state index in [-0.39, 0.29) is 0 Å². The Morgan fingerprint density at radius 1 is 1.32 bits per heavy atom. The molecule has 1 amide bonds. The number of amides is 1. The Hall–Kier alpha value is -2.12. The molecule has 1 heterocycles. The van der Waals surface area contributed by atoms with E-state index in [1.165, 1.54) is 0 Å². The van der Waals surface area contributed by atoms with Crippen molar-refractivity contribution in [3.63, 3.8) is 0 Å². The van der Waals surface area contributed by atoms with Crippen molar-refractivity contribution in [3.8, 4) is 5.75 Å². The molecule has 1 aromatic rings. The number of hydrogen-bond donors (Lipinski definition) is 2. The van der Waals surface area contributed by atoms with Crippen molar-refractivity contribution >= 4 is 12.1 Å². The fourth-order valence-electron chi connectivity index (χ4n) is 2.15. The minimum atomic E-state index is -0.898. The summed E-state index contributed by atoms with van der Waals surface area (Å²) in [5.41, 5.74) is 0.855. The minimum absolute atomic E-state index is 0.365. The van der Waals surface area contributed by atoms with Gasteiger partial charge in [-0.2, -0.15) is 0 Å². The largest absolute Gasteiger partial charge is 0.480 e. The van der Waals surface area contributed by atoms with E-state index in [0.717, 1.165) is 5.56 Å². The molecule has 22 heavy (non-hydrogen) atoms. The number of carboxylic acid groups (broad SMARTS) is 1. The number of rotatable bonds is 5. The molecule has 1 atom stereocenters. The van der Waals surface area contributed by atoms with Crippen molar-refractivity contribution < 1.29 is 24.2 Å². The highest BCUT2D eigenvalue weighted by atomic mass is 16.6. The van der Waals surface area contributed by atoms with Crippen LogP contribution in [-0.4, -0.2) is 61.5 Å². The minimum Gasteiger partial charge on any atom is -0.480 e. The van der Waals surface area contributed by atoms with Crippen LogP contribution in [0.5, 0.6) is 5.75 Å². The molecule has 1 aromatic carbocycles. The van der Waals surface area contributed by atoms with Gasteiger partial charge in [-0.1, -0.05) is 12.1 Å². The molecule has 1 aliphatic rings. The molecule has 7 nitrogen and oxygen atoms in total. The molecule has 2 N–H and O–H groups in total. The lowest BCUT2D eigenvalue weighted by Crippen LogP contribution is -2.42. The van der Waals surface area contributed by atoms with Crippen molar-refractivity contribution in [1.82, 2.24) is 10.2 Å². The van der Waals surface area contributed by atoms with Gasteiger partial charge in [0.2, 0.25) is 0 Å². The average Bonchev–Trinajstić information content (AvgIpc) is 2.54. The molecule has 1 saturated heterocycles. The quantitative estimate of drug-likeness (QED) is 0.834. The van der Waals surface area contributed by atoms with Crippen LogP contribution in [0, 0.1) is 0 Å². The molecule has 7 heteroatoms. The van der Waals surface area contributed by atoms with Crippen LogP contribution in [0.15, 0.2) is 24.3 Å². The highest BCUT2D eigenvalue weighted by molar-refractivity contribution is 5.74. The first-order valence-corrected chi connectivity index (χ1v) is 7.13.